The Hall–Kier alpha value is 5.88. The maximum atomic E-state index is 0. The van der Waals surface area contributed by atoms with Gasteiger partial charge in [0.25, 0.3) is 0 Å². The first kappa shape index (κ1) is 66.6. The van der Waals surface area contributed by atoms with Crippen LogP contribution in [0.2, 0.25) is 0 Å². The molecule has 0 amide bonds. The third-order valence-electron chi connectivity index (χ3n) is 0. The molecule has 0 aromatic rings. The van der Waals surface area contributed by atoms with Crippen LogP contribution in [0.4, 0.5) is 0 Å². The molecular formula is Cd3Zn5. The van der Waals surface area contributed by atoms with E-state index < -0.39 is 0 Å². The quantitative estimate of drug-likeness (QED) is 0.320. The second-order valence-electron chi connectivity index (χ2n) is 0. The van der Waals surface area contributed by atoms with Crippen LogP contribution in [0.3, 0.4) is 0 Å². The molecule has 0 bridgehead atoms. The minimum absolute atomic E-state index is 0. The van der Waals surface area contributed by atoms with E-state index in [1.165, 1.54) is 0 Å². The van der Waals surface area contributed by atoms with E-state index in [0.29, 0.717) is 0 Å². The first-order valence-corrected chi connectivity index (χ1v) is 0. The SMILES string of the molecule is [Cd].[Cd].[Cd].[Zn].[Zn].[Zn].[Zn].[Zn]. The Morgan fingerprint density at radius 2 is 0.250 bits per heavy atom. The zero-order valence-electron chi connectivity index (χ0n) is 5.66. The predicted octanol–water partition coefficient (Wildman–Crippen LogP) is -0.0200. The average Bonchev–Trinajstić information content (AvgIpc) is 0. The monoisotopic (exact) mass is 661 g/mol. The average molecular weight is 664 g/mol. The summed E-state index contributed by atoms with van der Waals surface area (Å²) < 4.78 is 0. The molecule has 0 nitrogen and oxygen atoms in total. The van der Waals surface area contributed by atoms with Crippen molar-refractivity contribution in [2.24, 2.45) is 0 Å². The van der Waals surface area contributed by atoms with Gasteiger partial charge in [0.2, 0.25) is 0 Å². The number of hydrogen-bond donors (Lipinski definition) is 0. The molecule has 0 saturated heterocycles. The van der Waals surface area contributed by atoms with Crippen molar-refractivity contribution < 1.29 is 179 Å². The van der Waals surface area contributed by atoms with Crippen LogP contribution < -0.4 is 0 Å². The molecule has 0 radical (unpaired) electrons. The number of rotatable bonds is 0. The van der Waals surface area contributed by atoms with Gasteiger partial charge < -0.3 is 0 Å². The molecule has 0 fully saturated rings. The third kappa shape index (κ3) is 40.7. The molecular weight excluding hydrogens is 664 g/mol. The first-order chi connectivity index (χ1) is 0. The molecule has 0 rings (SSSR count). The molecule has 8 heteroatoms. The fourth-order valence-electron chi connectivity index (χ4n) is 0. The van der Waals surface area contributed by atoms with E-state index in [9.17, 15) is 0 Å². The van der Waals surface area contributed by atoms with Crippen LogP contribution in [-0.4, -0.2) is 0 Å². The van der Waals surface area contributed by atoms with Crippen molar-refractivity contribution in [1.29, 1.82) is 0 Å². The van der Waals surface area contributed by atoms with Gasteiger partial charge in [-0.3, -0.25) is 0 Å². The largest absolute Gasteiger partial charge is 0 e. The molecule has 0 unspecified atom stereocenters. The smallest absolute Gasteiger partial charge is 0 e. The zero-order valence-corrected chi connectivity index (χ0v) is 32.6. The summed E-state index contributed by atoms with van der Waals surface area (Å²) in [4.78, 5) is 0. The summed E-state index contributed by atoms with van der Waals surface area (Å²) >= 11 is 0. The van der Waals surface area contributed by atoms with Gasteiger partial charge in [-0.2, -0.15) is 0 Å². The molecule has 0 saturated carbocycles. The summed E-state index contributed by atoms with van der Waals surface area (Å²) in [7, 11) is 0. The molecule has 0 aliphatic carbocycles. The van der Waals surface area contributed by atoms with Gasteiger partial charge in [0.05, 0.1) is 0 Å². The minimum Gasteiger partial charge on any atom is 0 e. The summed E-state index contributed by atoms with van der Waals surface area (Å²) in [6.07, 6.45) is 0. The standard InChI is InChI=1S/3Cd.5Zn. The van der Waals surface area contributed by atoms with E-state index in [1.807, 2.05) is 0 Å². The fraction of sp³-hybridized carbons (Fsp3) is 0. The molecule has 0 aromatic carbocycles. The normalized spacial score (nSPS) is 0. The third-order valence-corrected chi connectivity index (χ3v) is 0. The Balaban J connectivity index is 0. The fourth-order valence-corrected chi connectivity index (χ4v) is 0. The Bertz CT molecular complexity index is 7.64. The summed E-state index contributed by atoms with van der Waals surface area (Å²) in [5.41, 5.74) is 0. The van der Waals surface area contributed by atoms with Crippen molar-refractivity contribution in [2.75, 3.05) is 0 Å². The van der Waals surface area contributed by atoms with Crippen LogP contribution in [0.5, 0.6) is 0 Å². The van der Waals surface area contributed by atoms with Crippen LogP contribution in [0.1, 0.15) is 0 Å². The van der Waals surface area contributed by atoms with E-state index in [2.05, 4.69) is 0 Å². The zero-order chi connectivity index (χ0) is 0. The van der Waals surface area contributed by atoms with Crippen LogP contribution in [0.15, 0.2) is 0 Å². The Morgan fingerprint density at radius 3 is 0.250 bits per heavy atom. The van der Waals surface area contributed by atoms with Gasteiger partial charge in [-0.15, -0.1) is 0 Å². The van der Waals surface area contributed by atoms with Crippen molar-refractivity contribution in [3.63, 3.8) is 0 Å². The first-order valence-electron chi connectivity index (χ1n) is 0. The second-order valence-corrected chi connectivity index (χ2v) is 0. The van der Waals surface area contributed by atoms with Crippen molar-refractivity contribution in [3.05, 3.63) is 0 Å². The summed E-state index contributed by atoms with van der Waals surface area (Å²) in [5, 5.41) is 0. The van der Waals surface area contributed by atoms with Gasteiger partial charge in [-0.05, 0) is 0 Å². The summed E-state index contributed by atoms with van der Waals surface area (Å²) in [6.45, 7) is 0. The van der Waals surface area contributed by atoms with Gasteiger partial charge in [0.1, 0.15) is 0 Å². The number of hydrogen-bond acceptors (Lipinski definition) is 0. The molecule has 0 heterocycles. The molecule has 16 valence electrons. The van der Waals surface area contributed by atoms with Gasteiger partial charge in [0.15, 0.2) is 0 Å². The van der Waals surface area contributed by atoms with E-state index in [0.717, 1.165) is 0 Å². The van der Waals surface area contributed by atoms with Gasteiger partial charge in [-0.1, -0.05) is 0 Å². The van der Waals surface area contributed by atoms with Crippen molar-refractivity contribution in [3.8, 4) is 0 Å². The maximum Gasteiger partial charge on any atom is 0 e. The topological polar surface area (TPSA) is 0 Å². The van der Waals surface area contributed by atoms with Gasteiger partial charge in [0, 0.05) is 179 Å². The Kier molecular flexibility index (Phi) is 437. The minimum atomic E-state index is 0. The molecule has 0 aliphatic heterocycles. The molecule has 0 aliphatic rings. The van der Waals surface area contributed by atoms with Gasteiger partial charge in [-0.25, -0.2) is 0 Å². The van der Waals surface area contributed by atoms with Gasteiger partial charge >= 0.3 is 0 Å². The molecule has 8 heavy (non-hydrogen) atoms. The molecule has 0 spiro atoms. The van der Waals surface area contributed by atoms with Crippen LogP contribution in [-0.2, 0) is 179 Å². The van der Waals surface area contributed by atoms with E-state index >= 15 is 0 Å². The van der Waals surface area contributed by atoms with E-state index in [1.54, 1.807) is 0 Å². The van der Waals surface area contributed by atoms with E-state index in [4.69, 9.17) is 0 Å². The predicted molar refractivity (Wildman–Crippen MR) is 0 cm³/mol. The maximum absolute atomic E-state index is 0. The van der Waals surface area contributed by atoms with E-state index in [-0.39, 0.29) is 179 Å². The molecule has 0 atom stereocenters. The van der Waals surface area contributed by atoms with Crippen LogP contribution in [0.25, 0.3) is 0 Å². The van der Waals surface area contributed by atoms with Crippen molar-refractivity contribution >= 4 is 0 Å². The van der Waals surface area contributed by atoms with Crippen molar-refractivity contribution in [2.45, 2.75) is 0 Å². The Morgan fingerprint density at radius 1 is 0.250 bits per heavy atom. The summed E-state index contributed by atoms with van der Waals surface area (Å²) in [5.74, 6) is 0. The van der Waals surface area contributed by atoms with Crippen molar-refractivity contribution in [1.82, 2.24) is 0 Å². The molecule has 0 N–H and O–H groups in total. The van der Waals surface area contributed by atoms with Crippen LogP contribution >= 0.6 is 0 Å². The summed E-state index contributed by atoms with van der Waals surface area (Å²) in [6, 6.07) is 0. The Labute approximate surface area is 175 Å². The second kappa shape index (κ2) is 52.6. The molecule has 0 aromatic heterocycles. The van der Waals surface area contributed by atoms with Crippen LogP contribution in [0, 0.1) is 0 Å².